The van der Waals surface area contributed by atoms with E-state index in [4.69, 9.17) is 0 Å². The summed E-state index contributed by atoms with van der Waals surface area (Å²) in [7, 11) is 0. The molecule has 4 heteroatoms. The number of aliphatic hydroxyl groups is 1. The van der Waals surface area contributed by atoms with Crippen LogP contribution in [0.5, 0.6) is 0 Å². The average molecular weight is 249 g/mol. The van der Waals surface area contributed by atoms with Gasteiger partial charge in [0.15, 0.2) is 5.82 Å². The van der Waals surface area contributed by atoms with Crippen LogP contribution in [0.15, 0.2) is 6.33 Å². The largest absolute Gasteiger partial charge is 0.385 e. The van der Waals surface area contributed by atoms with Gasteiger partial charge >= 0.3 is 0 Å². The van der Waals surface area contributed by atoms with E-state index >= 15 is 0 Å². The van der Waals surface area contributed by atoms with Crippen molar-refractivity contribution in [1.29, 1.82) is 0 Å². The zero-order valence-corrected chi connectivity index (χ0v) is 11.3. The molecule has 4 nitrogen and oxygen atoms in total. The average Bonchev–Trinajstić information content (AvgIpc) is 3.04. The first-order valence-electron chi connectivity index (χ1n) is 7.22. The van der Waals surface area contributed by atoms with E-state index in [1.165, 1.54) is 25.7 Å². The van der Waals surface area contributed by atoms with Crippen molar-refractivity contribution in [3.05, 3.63) is 12.2 Å². The summed E-state index contributed by atoms with van der Waals surface area (Å²) in [6.45, 7) is 4.14. The molecule has 0 saturated heterocycles. The molecular weight excluding hydrogens is 226 g/mol. The van der Waals surface area contributed by atoms with Gasteiger partial charge in [-0.2, -0.15) is 5.10 Å². The fraction of sp³-hybridized carbons (Fsp3) is 0.857. The number of nitrogens with zero attached hydrogens (tertiary/aromatic N) is 3. The van der Waals surface area contributed by atoms with Crippen LogP contribution in [0, 0.1) is 17.8 Å². The van der Waals surface area contributed by atoms with Crippen molar-refractivity contribution < 1.29 is 5.11 Å². The van der Waals surface area contributed by atoms with Crippen LogP contribution in [-0.4, -0.2) is 19.9 Å². The molecule has 4 unspecified atom stereocenters. The SMILES string of the molecule is CC(C)n1ncnc1C(O)CC1CC2CCC1C2. The van der Waals surface area contributed by atoms with E-state index in [-0.39, 0.29) is 6.04 Å². The third kappa shape index (κ3) is 2.07. The van der Waals surface area contributed by atoms with Gasteiger partial charge in [-0.15, -0.1) is 0 Å². The Labute approximate surface area is 108 Å². The Morgan fingerprint density at radius 3 is 2.83 bits per heavy atom. The van der Waals surface area contributed by atoms with E-state index in [9.17, 15) is 5.11 Å². The van der Waals surface area contributed by atoms with E-state index in [1.54, 1.807) is 6.33 Å². The summed E-state index contributed by atoms with van der Waals surface area (Å²) in [5.74, 6) is 3.25. The van der Waals surface area contributed by atoms with Gasteiger partial charge in [0.2, 0.25) is 0 Å². The monoisotopic (exact) mass is 249 g/mol. The minimum Gasteiger partial charge on any atom is -0.385 e. The van der Waals surface area contributed by atoms with Gasteiger partial charge in [0.05, 0.1) is 0 Å². The zero-order valence-electron chi connectivity index (χ0n) is 11.3. The first-order chi connectivity index (χ1) is 8.65. The highest BCUT2D eigenvalue weighted by atomic mass is 16.3. The van der Waals surface area contributed by atoms with Crippen molar-refractivity contribution in [2.24, 2.45) is 17.8 Å². The lowest BCUT2D eigenvalue weighted by atomic mass is 9.84. The lowest BCUT2D eigenvalue weighted by molar-refractivity contribution is 0.111. The Hall–Kier alpha value is -0.900. The van der Waals surface area contributed by atoms with E-state index in [0.717, 1.165) is 24.1 Å². The fourth-order valence-electron chi connectivity index (χ4n) is 3.95. The maximum Gasteiger partial charge on any atom is 0.155 e. The summed E-state index contributed by atoms with van der Waals surface area (Å²) < 4.78 is 1.85. The molecule has 100 valence electrons. The van der Waals surface area contributed by atoms with Crippen LogP contribution in [0.25, 0.3) is 0 Å². The van der Waals surface area contributed by atoms with Gasteiger partial charge in [-0.3, -0.25) is 0 Å². The van der Waals surface area contributed by atoms with Crippen molar-refractivity contribution in [1.82, 2.24) is 14.8 Å². The maximum absolute atomic E-state index is 10.4. The highest BCUT2D eigenvalue weighted by Crippen LogP contribution is 2.50. The Morgan fingerprint density at radius 1 is 1.39 bits per heavy atom. The molecular formula is C14H23N3O. The normalized spacial score (nSPS) is 32.3. The van der Waals surface area contributed by atoms with Gasteiger partial charge in [0.1, 0.15) is 12.4 Å². The van der Waals surface area contributed by atoms with Crippen LogP contribution >= 0.6 is 0 Å². The molecule has 1 aromatic heterocycles. The molecule has 0 aromatic carbocycles. The molecule has 0 aliphatic heterocycles. The molecule has 2 fully saturated rings. The first-order valence-corrected chi connectivity index (χ1v) is 7.22. The van der Waals surface area contributed by atoms with Crippen molar-refractivity contribution in [3.63, 3.8) is 0 Å². The smallest absolute Gasteiger partial charge is 0.155 e. The van der Waals surface area contributed by atoms with Gasteiger partial charge < -0.3 is 5.11 Å². The molecule has 18 heavy (non-hydrogen) atoms. The van der Waals surface area contributed by atoms with Crippen LogP contribution in [0.3, 0.4) is 0 Å². The molecule has 4 atom stereocenters. The van der Waals surface area contributed by atoms with Crippen LogP contribution < -0.4 is 0 Å². The second-order valence-corrected chi connectivity index (χ2v) is 6.34. The third-order valence-electron chi connectivity index (χ3n) is 4.80. The number of aromatic nitrogens is 3. The molecule has 0 radical (unpaired) electrons. The molecule has 1 N–H and O–H groups in total. The topological polar surface area (TPSA) is 50.9 Å². The Kier molecular flexibility index (Phi) is 3.14. The van der Waals surface area contributed by atoms with Gasteiger partial charge in [0.25, 0.3) is 0 Å². The second kappa shape index (κ2) is 4.65. The fourth-order valence-corrected chi connectivity index (χ4v) is 3.95. The lowest BCUT2D eigenvalue weighted by Crippen LogP contribution is -2.18. The molecule has 0 amide bonds. The molecule has 2 saturated carbocycles. The van der Waals surface area contributed by atoms with E-state index in [0.29, 0.717) is 5.92 Å². The Morgan fingerprint density at radius 2 is 2.22 bits per heavy atom. The quantitative estimate of drug-likeness (QED) is 0.892. The highest BCUT2D eigenvalue weighted by molar-refractivity contribution is 4.96. The summed E-state index contributed by atoms with van der Waals surface area (Å²) in [6, 6.07) is 0.261. The van der Waals surface area contributed by atoms with Crippen LogP contribution in [0.4, 0.5) is 0 Å². The van der Waals surface area contributed by atoms with Gasteiger partial charge in [-0.05, 0) is 57.3 Å². The summed E-state index contributed by atoms with van der Waals surface area (Å²) in [5, 5.41) is 14.6. The van der Waals surface area contributed by atoms with Crippen LogP contribution in [0.2, 0.25) is 0 Å². The number of hydrogen-bond acceptors (Lipinski definition) is 3. The minimum atomic E-state index is -0.445. The third-order valence-corrected chi connectivity index (χ3v) is 4.80. The molecule has 2 aliphatic rings. The van der Waals surface area contributed by atoms with Crippen LogP contribution in [0.1, 0.15) is 63.9 Å². The van der Waals surface area contributed by atoms with E-state index in [1.807, 2.05) is 4.68 Å². The summed E-state index contributed by atoms with van der Waals surface area (Å²) in [4.78, 5) is 4.24. The molecule has 0 spiro atoms. The lowest BCUT2D eigenvalue weighted by Gasteiger charge is -2.24. The van der Waals surface area contributed by atoms with Crippen molar-refractivity contribution >= 4 is 0 Å². The summed E-state index contributed by atoms with van der Waals surface area (Å²) >= 11 is 0. The van der Waals surface area contributed by atoms with Crippen LogP contribution in [-0.2, 0) is 0 Å². The highest BCUT2D eigenvalue weighted by Gasteiger charge is 2.40. The molecule has 1 heterocycles. The molecule has 2 bridgehead atoms. The molecule has 1 aromatic rings. The van der Waals surface area contributed by atoms with E-state index < -0.39 is 6.10 Å². The molecule has 3 rings (SSSR count). The van der Waals surface area contributed by atoms with Gasteiger partial charge in [0, 0.05) is 6.04 Å². The number of fused-ring (bicyclic) bond motifs is 2. The number of aliphatic hydroxyl groups excluding tert-OH is 1. The second-order valence-electron chi connectivity index (χ2n) is 6.34. The van der Waals surface area contributed by atoms with Crippen molar-refractivity contribution in [2.75, 3.05) is 0 Å². The predicted molar refractivity (Wildman–Crippen MR) is 68.9 cm³/mol. The molecule has 2 aliphatic carbocycles. The number of rotatable bonds is 4. The summed E-state index contributed by atoms with van der Waals surface area (Å²) in [5.41, 5.74) is 0. The summed E-state index contributed by atoms with van der Waals surface area (Å²) in [6.07, 6.45) is 7.48. The standard InChI is InChI=1S/C14H23N3O/c1-9(2)17-14(15-8-16-17)13(18)7-12-6-10-3-4-11(12)5-10/h8-13,18H,3-7H2,1-2H3. The number of hydrogen-bond donors (Lipinski definition) is 1. The Balaban J connectivity index is 1.67. The van der Waals surface area contributed by atoms with Gasteiger partial charge in [-0.1, -0.05) is 6.42 Å². The van der Waals surface area contributed by atoms with Gasteiger partial charge in [-0.25, -0.2) is 9.67 Å². The minimum absolute atomic E-state index is 0.261. The zero-order chi connectivity index (χ0) is 12.7. The first kappa shape index (κ1) is 12.2. The van der Waals surface area contributed by atoms with Crippen molar-refractivity contribution in [3.8, 4) is 0 Å². The van der Waals surface area contributed by atoms with Crippen molar-refractivity contribution in [2.45, 2.75) is 58.1 Å². The Bertz CT molecular complexity index is 415. The maximum atomic E-state index is 10.4. The predicted octanol–water partition coefficient (Wildman–Crippen LogP) is 2.72. The van der Waals surface area contributed by atoms with E-state index in [2.05, 4.69) is 23.9 Å².